The third-order valence-electron chi connectivity index (χ3n) is 5.17. The van der Waals surface area contributed by atoms with Crippen LogP contribution in [0.1, 0.15) is 25.2 Å². The normalized spacial score (nSPS) is 19.6. The molecule has 12 heteroatoms. The molecule has 2 atom stereocenters. The van der Waals surface area contributed by atoms with Crippen molar-refractivity contribution in [1.82, 2.24) is 20.2 Å². The number of para-hydroxylation sites is 2. The molecule has 1 fully saturated rings. The molecule has 1 aromatic heterocycles. The van der Waals surface area contributed by atoms with Gasteiger partial charge in [-0.15, -0.1) is 0 Å². The Morgan fingerprint density at radius 3 is 2.60 bits per heavy atom. The second-order valence-corrected chi connectivity index (χ2v) is 7.60. The highest BCUT2D eigenvalue weighted by Gasteiger charge is 2.31. The Balaban J connectivity index is 0.000000371. The minimum atomic E-state index is -1.26. The van der Waals surface area contributed by atoms with Crippen LogP contribution in [-0.4, -0.2) is 75.3 Å². The lowest BCUT2D eigenvalue weighted by Crippen LogP contribution is -2.50. The Morgan fingerprint density at radius 1 is 1.26 bits per heavy atom. The van der Waals surface area contributed by atoms with E-state index < -0.39 is 17.8 Å². The van der Waals surface area contributed by atoms with Crippen molar-refractivity contribution in [3.8, 4) is 5.75 Å². The van der Waals surface area contributed by atoms with Gasteiger partial charge in [-0.05, 0) is 18.6 Å². The van der Waals surface area contributed by atoms with E-state index in [1.807, 2.05) is 24.3 Å². The first-order valence-electron chi connectivity index (χ1n) is 11.0. The van der Waals surface area contributed by atoms with E-state index >= 15 is 0 Å². The van der Waals surface area contributed by atoms with Crippen molar-refractivity contribution in [2.75, 3.05) is 31.6 Å². The number of carboxylic acids is 2. The number of nitrogens with zero attached hydrogens (tertiary/aromatic N) is 4. The van der Waals surface area contributed by atoms with Crippen LogP contribution >= 0.6 is 0 Å². The molecule has 0 amide bonds. The smallest absolute Gasteiger partial charge is 0.328 e. The lowest BCUT2D eigenvalue weighted by Gasteiger charge is -2.39. The number of amidine groups is 1. The van der Waals surface area contributed by atoms with Gasteiger partial charge in [-0.3, -0.25) is 4.90 Å². The summed E-state index contributed by atoms with van der Waals surface area (Å²) >= 11 is 0. The first-order valence-corrected chi connectivity index (χ1v) is 11.0. The lowest BCUT2D eigenvalue weighted by molar-refractivity contribution is -0.134. The third-order valence-corrected chi connectivity index (χ3v) is 5.17. The molecule has 1 saturated heterocycles. The fourth-order valence-corrected chi connectivity index (χ4v) is 3.64. The molecule has 4 N–H and O–H groups in total. The third kappa shape index (κ3) is 7.55. The highest BCUT2D eigenvalue weighted by molar-refractivity contribution is 5.99. The van der Waals surface area contributed by atoms with Gasteiger partial charge in [0.05, 0.1) is 24.1 Å². The fourth-order valence-electron chi connectivity index (χ4n) is 3.64. The zero-order valence-corrected chi connectivity index (χ0v) is 19.1. The molecule has 0 saturated carbocycles. The molecule has 1 aromatic carbocycles. The van der Waals surface area contributed by atoms with Crippen LogP contribution < -0.4 is 15.4 Å². The highest BCUT2D eigenvalue weighted by Crippen LogP contribution is 2.28. The zero-order chi connectivity index (χ0) is 25.2. The average Bonchev–Trinajstić information content (AvgIpc) is 2.87. The fraction of sp³-hybridized carbons (Fsp3) is 0.348. The monoisotopic (exact) mass is 486 g/mol. The Kier molecular flexibility index (Phi) is 9.21. The molecule has 2 aliphatic rings. The van der Waals surface area contributed by atoms with Gasteiger partial charge in [0.25, 0.3) is 0 Å². The molecule has 186 valence electrons. The highest BCUT2D eigenvalue weighted by atomic mass is 19.1. The maximum atomic E-state index is 13.2. The van der Waals surface area contributed by atoms with E-state index in [9.17, 15) is 14.0 Å². The molecule has 2 unspecified atom stereocenters. The molecule has 0 spiro atoms. The van der Waals surface area contributed by atoms with E-state index in [-0.39, 0.29) is 12.2 Å². The first-order chi connectivity index (χ1) is 16.9. The number of anilines is 1. The molecule has 0 aliphatic carbocycles. The average molecular weight is 487 g/mol. The van der Waals surface area contributed by atoms with Gasteiger partial charge in [-0.25, -0.2) is 28.9 Å². The number of halogens is 1. The van der Waals surface area contributed by atoms with Gasteiger partial charge < -0.3 is 25.6 Å². The van der Waals surface area contributed by atoms with Crippen LogP contribution in [-0.2, 0) is 9.59 Å². The second kappa shape index (κ2) is 12.5. The number of carboxylic acid groups (broad SMARTS) is 2. The van der Waals surface area contributed by atoms with Crippen LogP contribution in [0.2, 0.25) is 0 Å². The van der Waals surface area contributed by atoms with E-state index in [0.717, 1.165) is 36.8 Å². The number of nitrogens with one attached hydrogen (secondary N) is 2. The number of hydrogen-bond donors (Lipinski definition) is 4. The SMILES string of the molecule is CCC(N=C1COc2ccccc2N1)N1CCNCC1c1ncc(F)cn1.O=C(O)C=CC(=O)O. The van der Waals surface area contributed by atoms with Crippen molar-refractivity contribution in [2.24, 2.45) is 4.99 Å². The summed E-state index contributed by atoms with van der Waals surface area (Å²) in [6.45, 7) is 4.91. The van der Waals surface area contributed by atoms with Crippen LogP contribution in [0.15, 0.2) is 53.8 Å². The number of aliphatic carboxylic acids is 2. The second-order valence-electron chi connectivity index (χ2n) is 7.60. The number of fused-ring (bicyclic) bond motifs is 1. The Morgan fingerprint density at radius 2 is 1.94 bits per heavy atom. The summed E-state index contributed by atoms with van der Waals surface area (Å²) in [5.74, 6) is -0.689. The number of rotatable bonds is 6. The molecular weight excluding hydrogens is 459 g/mol. The minimum Gasteiger partial charge on any atom is -0.484 e. The molecule has 2 aromatic rings. The van der Waals surface area contributed by atoms with Crippen molar-refractivity contribution >= 4 is 23.5 Å². The van der Waals surface area contributed by atoms with Gasteiger partial charge >= 0.3 is 11.9 Å². The number of ether oxygens (including phenoxy) is 1. The lowest BCUT2D eigenvalue weighted by atomic mass is 10.1. The Labute approximate surface area is 201 Å². The van der Waals surface area contributed by atoms with Crippen molar-refractivity contribution in [3.63, 3.8) is 0 Å². The van der Waals surface area contributed by atoms with Crippen LogP contribution in [0, 0.1) is 5.82 Å². The summed E-state index contributed by atoms with van der Waals surface area (Å²) in [5, 5.41) is 22.4. The number of carbonyl (C=O) groups is 2. The maximum Gasteiger partial charge on any atom is 0.328 e. The zero-order valence-electron chi connectivity index (χ0n) is 19.1. The van der Waals surface area contributed by atoms with E-state index in [2.05, 4.69) is 32.4 Å². The van der Waals surface area contributed by atoms with Gasteiger partial charge in [-0.2, -0.15) is 0 Å². The number of benzene rings is 1. The van der Waals surface area contributed by atoms with Crippen LogP contribution in [0.3, 0.4) is 0 Å². The first kappa shape index (κ1) is 25.7. The largest absolute Gasteiger partial charge is 0.484 e. The van der Waals surface area contributed by atoms with Crippen molar-refractivity contribution < 1.29 is 28.9 Å². The molecule has 35 heavy (non-hydrogen) atoms. The molecule has 0 radical (unpaired) electrons. The van der Waals surface area contributed by atoms with E-state index in [1.165, 1.54) is 12.4 Å². The number of aromatic nitrogens is 2. The predicted octanol–water partition coefficient (Wildman–Crippen LogP) is 1.91. The van der Waals surface area contributed by atoms with Crippen molar-refractivity contribution in [3.05, 3.63) is 60.5 Å². The molecule has 0 bridgehead atoms. The van der Waals surface area contributed by atoms with Gasteiger partial charge in [0, 0.05) is 31.8 Å². The van der Waals surface area contributed by atoms with E-state index in [4.69, 9.17) is 19.9 Å². The summed E-state index contributed by atoms with van der Waals surface area (Å²) in [5.41, 5.74) is 0.927. The molecule has 11 nitrogen and oxygen atoms in total. The van der Waals surface area contributed by atoms with Gasteiger partial charge in [0.15, 0.2) is 5.82 Å². The Bertz CT molecular complexity index is 1060. The van der Waals surface area contributed by atoms with Gasteiger partial charge in [0.1, 0.15) is 30.2 Å². The standard InChI is InChI=1S/C19H23FN6O.C4H4O4/c1-2-18(25-17-12-27-16-6-4-3-5-14(16)24-17)26-8-7-21-11-15(26)19-22-9-13(20)10-23-19;5-3(6)1-2-4(7)8/h3-6,9-10,15,18,21H,2,7-8,11-12H2,1H3,(H,24,25);1-2H,(H,5,6)(H,7,8). The quantitative estimate of drug-likeness (QED) is 0.446. The molecule has 4 rings (SSSR count). The summed E-state index contributed by atoms with van der Waals surface area (Å²) in [4.78, 5) is 34.7. The summed E-state index contributed by atoms with van der Waals surface area (Å²) in [6, 6.07) is 7.78. The van der Waals surface area contributed by atoms with Crippen molar-refractivity contribution in [2.45, 2.75) is 25.6 Å². The van der Waals surface area contributed by atoms with Crippen molar-refractivity contribution in [1.29, 1.82) is 0 Å². The number of aliphatic imine (C=N–C) groups is 1. The molecule has 2 aliphatic heterocycles. The predicted molar refractivity (Wildman–Crippen MR) is 126 cm³/mol. The van der Waals surface area contributed by atoms with Crippen LogP contribution in [0.25, 0.3) is 0 Å². The van der Waals surface area contributed by atoms with Gasteiger partial charge in [0.2, 0.25) is 0 Å². The van der Waals surface area contributed by atoms with Crippen LogP contribution in [0.5, 0.6) is 5.75 Å². The number of piperazine rings is 1. The van der Waals surface area contributed by atoms with E-state index in [1.54, 1.807) is 0 Å². The van der Waals surface area contributed by atoms with E-state index in [0.29, 0.717) is 31.1 Å². The maximum absolute atomic E-state index is 13.2. The summed E-state index contributed by atoms with van der Waals surface area (Å²) in [7, 11) is 0. The van der Waals surface area contributed by atoms with Gasteiger partial charge in [-0.1, -0.05) is 19.1 Å². The minimum absolute atomic E-state index is 0.0397. The summed E-state index contributed by atoms with van der Waals surface area (Å²) < 4.78 is 19.0. The topological polar surface area (TPSA) is 149 Å². The molecular formula is C23H27FN6O5. The Hall–Kier alpha value is -3.90. The van der Waals surface area contributed by atoms with Crippen LogP contribution in [0.4, 0.5) is 10.1 Å². The number of hydrogen-bond acceptors (Lipinski definition) is 8. The molecule has 3 heterocycles. The summed E-state index contributed by atoms with van der Waals surface area (Å²) in [6.07, 6.45) is 4.35.